The monoisotopic (exact) mass is 207 g/mol. The van der Waals surface area contributed by atoms with Crippen LogP contribution in [-0.4, -0.2) is 52.6 Å². The van der Waals surface area contributed by atoms with Gasteiger partial charge in [0.25, 0.3) is 5.97 Å². The molecule has 0 aromatic rings. The van der Waals surface area contributed by atoms with E-state index in [1.807, 2.05) is 0 Å². The molecule has 0 fully saturated rings. The van der Waals surface area contributed by atoms with Crippen LogP contribution in [0.5, 0.6) is 0 Å². The van der Waals surface area contributed by atoms with Gasteiger partial charge < -0.3 is 20.3 Å². The molecule has 0 unspecified atom stereocenters. The van der Waals surface area contributed by atoms with Crippen LogP contribution < -0.4 is 0 Å². The minimum Gasteiger partial charge on any atom is -0.481 e. The van der Waals surface area contributed by atoms with Crippen LogP contribution in [0, 0.1) is 0 Å². The van der Waals surface area contributed by atoms with Crippen molar-refractivity contribution in [2.75, 3.05) is 7.05 Å². The van der Waals surface area contributed by atoms with Crippen molar-refractivity contribution in [1.29, 1.82) is 0 Å². The Morgan fingerprint density at radius 3 is 1.50 bits per heavy atom. The lowest BCUT2D eigenvalue weighted by atomic mass is 9.99. The van der Waals surface area contributed by atoms with Gasteiger partial charge in [-0.3, -0.25) is 9.79 Å². The highest BCUT2D eigenvalue weighted by molar-refractivity contribution is 6.38. The van der Waals surface area contributed by atoms with Crippen LogP contribution in [0.1, 0.15) is 6.92 Å². The standard InChI is InChI=1S/C3H5NO2.C2H4O2.CH5BO2/c1-4-2-3(5)6;2*1-2(3)4/h2H,1H3,(H,5,6);1H3,(H,3,4);3-4H,1H3. The number of nitrogens with zero attached hydrogens (tertiary/aromatic N) is 1. The van der Waals surface area contributed by atoms with Gasteiger partial charge in [0.2, 0.25) is 0 Å². The van der Waals surface area contributed by atoms with Crippen LogP contribution in [0.3, 0.4) is 0 Å². The first-order valence-corrected chi connectivity index (χ1v) is 3.44. The molecule has 0 amide bonds. The number of hydrogen-bond donors (Lipinski definition) is 4. The maximum Gasteiger partial charge on any atom is 0.448 e. The van der Waals surface area contributed by atoms with Crippen molar-refractivity contribution < 1.29 is 29.9 Å². The van der Waals surface area contributed by atoms with E-state index in [-0.39, 0.29) is 0 Å². The summed E-state index contributed by atoms with van der Waals surface area (Å²) in [6.07, 6.45) is 0.833. The van der Waals surface area contributed by atoms with E-state index >= 15 is 0 Å². The molecule has 82 valence electrons. The number of rotatable bonds is 1. The quantitative estimate of drug-likeness (QED) is 0.321. The van der Waals surface area contributed by atoms with Crippen LogP contribution >= 0.6 is 0 Å². The highest BCUT2D eigenvalue weighted by Gasteiger charge is 1.86. The van der Waals surface area contributed by atoms with Gasteiger partial charge in [0.1, 0.15) is 6.21 Å². The molecule has 0 aromatic carbocycles. The molecule has 7 nitrogen and oxygen atoms in total. The number of aliphatic carboxylic acids is 2. The first kappa shape index (κ1) is 18.4. The van der Waals surface area contributed by atoms with E-state index in [0.29, 0.717) is 0 Å². The fourth-order valence-corrected chi connectivity index (χ4v) is 0.110. The molecule has 0 spiro atoms. The average Bonchev–Trinajstić information content (AvgIpc) is 1.82. The Balaban J connectivity index is -0.000000135. The van der Waals surface area contributed by atoms with Crippen molar-refractivity contribution in [3.8, 4) is 0 Å². The van der Waals surface area contributed by atoms with Crippen LogP contribution in [0.15, 0.2) is 4.99 Å². The van der Waals surface area contributed by atoms with E-state index in [4.69, 9.17) is 25.1 Å². The Morgan fingerprint density at radius 1 is 1.29 bits per heavy atom. The molecule has 0 aliphatic heterocycles. The van der Waals surface area contributed by atoms with Crippen molar-refractivity contribution in [2.45, 2.75) is 13.7 Å². The summed E-state index contributed by atoms with van der Waals surface area (Å²) >= 11 is 0. The van der Waals surface area contributed by atoms with Crippen LogP contribution in [0.2, 0.25) is 6.82 Å². The number of hydrogen-bond acceptors (Lipinski definition) is 5. The first-order chi connectivity index (χ1) is 6.23. The maximum absolute atomic E-state index is 9.45. The zero-order valence-corrected chi connectivity index (χ0v) is 8.21. The zero-order valence-electron chi connectivity index (χ0n) is 8.21. The summed E-state index contributed by atoms with van der Waals surface area (Å²) in [5, 5.41) is 30.4. The van der Waals surface area contributed by atoms with E-state index in [0.717, 1.165) is 13.1 Å². The van der Waals surface area contributed by atoms with E-state index in [9.17, 15) is 4.79 Å². The molecule has 0 saturated carbocycles. The predicted octanol–water partition coefficient (Wildman–Crippen LogP) is -1.05. The smallest absolute Gasteiger partial charge is 0.448 e. The highest BCUT2D eigenvalue weighted by atomic mass is 16.4. The van der Waals surface area contributed by atoms with Gasteiger partial charge in [0, 0.05) is 14.0 Å². The Kier molecular flexibility index (Phi) is 18.6. The minimum absolute atomic E-state index is 0.833. The van der Waals surface area contributed by atoms with Crippen molar-refractivity contribution in [2.24, 2.45) is 4.99 Å². The van der Waals surface area contributed by atoms with Gasteiger partial charge in [-0.25, -0.2) is 4.79 Å². The van der Waals surface area contributed by atoms with Gasteiger partial charge in [0.15, 0.2) is 0 Å². The maximum atomic E-state index is 9.45. The largest absolute Gasteiger partial charge is 0.481 e. The van der Waals surface area contributed by atoms with Crippen molar-refractivity contribution in [3.63, 3.8) is 0 Å². The second kappa shape index (κ2) is 14.1. The summed E-state index contributed by atoms with van der Waals surface area (Å²) in [5.74, 6) is -1.84. The molecule has 4 N–H and O–H groups in total. The molecule has 0 aliphatic carbocycles. The number of carboxylic acids is 2. The lowest BCUT2D eigenvalue weighted by Gasteiger charge is -1.71. The number of carbonyl (C=O) groups is 2. The van der Waals surface area contributed by atoms with Gasteiger partial charge in [-0.1, -0.05) is 0 Å². The Labute approximate surface area is 81.9 Å². The van der Waals surface area contributed by atoms with Crippen LogP contribution in [0.4, 0.5) is 0 Å². The molecule has 0 heterocycles. The second-order valence-electron chi connectivity index (χ2n) is 1.88. The fourth-order valence-electron chi connectivity index (χ4n) is 0.110. The van der Waals surface area contributed by atoms with Gasteiger partial charge >= 0.3 is 13.1 Å². The summed E-state index contributed by atoms with van der Waals surface area (Å²) in [6.45, 7) is 2.36. The summed E-state index contributed by atoms with van der Waals surface area (Å²) in [4.78, 5) is 21.7. The Hall–Kier alpha value is -1.41. The SMILES string of the molecule is CB(O)O.CC(=O)O.CN=CC(=O)O. The van der Waals surface area contributed by atoms with Crippen molar-refractivity contribution >= 4 is 25.3 Å². The molecular weight excluding hydrogens is 193 g/mol. The molecule has 0 aromatic heterocycles. The molecule has 8 heteroatoms. The second-order valence-corrected chi connectivity index (χ2v) is 1.88. The normalized spacial score (nSPS) is 7.79. The molecule has 0 radical (unpaired) electrons. The topological polar surface area (TPSA) is 127 Å². The summed E-state index contributed by atoms with van der Waals surface area (Å²) in [6, 6.07) is 0. The zero-order chi connectivity index (χ0) is 12.1. The van der Waals surface area contributed by atoms with E-state index < -0.39 is 19.1 Å². The van der Waals surface area contributed by atoms with Gasteiger partial charge in [-0.05, 0) is 6.82 Å². The molecule has 0 aliphatic rings. The van der Waals surface area contributed by atoms with Gasteiger partial charge in [0.05, 0.1) is 0 Å². The lowest BCUT2D eigenvalue weighted by Crippen LogP contribution is -2.00. The third-order valence-corrected chi connectivity index (χ3v) is 0.240. The number of aliphatic imine (C=N–C) groups is 1. The third-order valence-electron chi connectivity index (χ3n) is 0.240. The molecule has 0 saturated heterocycles. The molecule has 0 rings (SSSR count). The Morgan fingerprint density at radius 2 is 1.50 bits per heavy atom. The molecular formula is C6H14BNO6. The summed E-state index contributed by atoms with van der Waals surface area (Å²) in [5.41, 5.74) is 0. The Bertz CT molecular complexity index is 174. The third kappa shape index (κ3) is 383. The molecule has 14 heavy (non-hydrogen) atoms. The van der Waals surface area contributed by atoms with Gasteiger partial charge in [-0.2, -0.15) is 0 Å². The van der Waals surface area contributed by atoms with E-state index in [1.54, 1.807) is 0 Å². The summed E-state index contributed by atoms with van der Waals surface area (Å²) in [7, 11) is 0.244. The van der Waals surface area contributed by atoms with Crippen molar-refractivity contribution in [1.82, 2.24) is 0 Å². The van der Waals surface area contributed by atoms with Crippen molar-refractivity contribution in [3.05, 3.63) is 0 Å². The summed E-state index contributed by atoms with van der Waals surface area (Å²) < 4.78 is 0. The molecule has 0 bridgehead atoms. The minimum atomic E-state index is -1.17. The van der Waals surface area contributed by atoms with Crippen LogP contribution in [0.25, 0.3) is 0 Å². The van der Waals surface area contributed by atoms with Crippen LogP contribution in [-0.2, 0) is 9.59 Å². The van der Waals surface area contributed by atoms with Gasteiger partial charge in [-0.15, -0.1) is 0 Å². The lowest BCUT2D eigenvalue weighted by molar-refractivity contribution is -0.134. The van der Waals surface area contributed by atoms with E-state index in [1.165, 1.54) is 13.9 Å². The van der Waals surface area contributed by atoms with E-state index in [2.05, 4.69) is 4.99 Å². The predicted molar refractivity (Wildman–Crippen MR) is 51.4 cm³/mol. The highest BCUT2D eigenvalue weighted by Crippen LogP contribution is 1.51. The molecule has 0 atom stereocenters. The average molecular weight is 207 g/mol. The fraction of sp³-hybridized carbons (Fsp3) is 0.500. The first-order valence-electron chi connectivity index (χ1n) is 3.44. The number of carboxylic acid groups (broad SMARTS) is 2.